The van der Waals surface area contributed by atoms with Gasteiger partial charge in [0.05, 0.1) is 55.7 Å². The average molecular weight is 763 g/mol. The van der Waals surface area contributed by atoms with Crippen molar-refractivity contribution in [3.8, 4) is 0 Å². The van der Waals surface area contributed by atoms with Crippen molar-refractivity contribution in [2.45, 2.75) is 50.5 Å². The van der Waals surface area contributed by atoms with E-state index in [1.807, 2.05) is 19.1 Å². The largest absolute Gasteiger partial charge is 0.293 e. The molecule has 9 nitrogen and oxygen atoms in total. The van der Waals surface area contributed by atoms with Crippen molar-refractivity contribution in [2.24, 2.45) is 0 Å². The SMILES string of the molecule is CCCCSc1ccc2c(c1)C(=O)N(c1ccc(CN3C(=O)c4ccc(CC)cc4C3=O)c3ccc(C4C(=O)c5cc(Cl)c(Cl)cc5C4=O)nc13)C2=O. The van der Waals surface area contributed by atoms with E-state index in [9.17, 15) is 28.8 Å². The van der Waals surface area contributed by atoms with E-state index in [2.05, 4.69) is 6.92 Å². The van der Waals surface area contributed by atoms with Gasteiger partial charge in [0.15, 0.2) is 11.6 Å². The monoisotopic (exact) mass is 761 g/mol. The molecular weight excluding hydrogens is 733 g/mol. The van der Waals surface area contributed by atoms with Crippen LogP contribution in [0.4, 0.5) is 5.69 Å². The van der Waals surface area contributed by atoms with Gasteiger partial charge in [-0.25, -0.2) is 9.88 Å². The highest BCUT2D eigenvalue weighted by molar-refractivity contribution is 7.99. The third-order valence-corrected chi connectivity index (χ3v) is 11.8. The van der Waals surface area contributed by atoms with Gasteiger partial charge in [0.25, 0.3) is 23.6 Å². The third-order valence-electron chi connectivity index (χ3n) is 10.00. The van der Waals surface area contributed by atoms with Gasteiger partial charge in [0, 0.05) is 21.4 Å². The van der Waals surface area contributed by atoms with E-state index >= 15 is 0 Å². The molecule has 3 aliphatic rings. The molecule has 0 N–H and O–H groups in total. The molecule has 2 aliphatic heterocycles. The molecule has 0 atom stereocenters. The number of unbranched alkanes of at least 4 members (excludes halogenated alkanes) is 1. The second-order valence-corrected chi connectivity index (χ2v) is 15.1. The first kappa shape index (κ1) is 34.9. The highest BCUT2D eigenvalue weighted by atomic mass is 35.5. The number of fused-ring (bicyclic) bond motifs is 4. The summed E-state index contributed by atoms with van der Waals surface area (Å²) in [5.74, 6) is -3.46. The molecule has 0 radical (unpaired) electrons. The Bertz CT molecular complexity index is 2480. The molecule has 3 heterocycles. The second kappa shape index (κ2) is 13.4. The smallest absolute Gasteiger partial charge is 0.266 e. The van der Waals surface area contributed by atoms with Crippen LogP contribution in [0, 0.1) is 0 Å². The number of imide groups is 2. The molecule has 0 spiro atoms. The van der Waals surface area contributed by atoms with Crippen LogP contribution in [0.1, 0.15) is 112 Å². The number of anilines is 1. The maximum absolute atomic E-state index is 14.1. The Labute approximate surface area is 318 Å². The van der Waals surface area contributed by atoms with Crippen molar-refractivity contribution >= 4 is 86.7 Å². The topological polar surface area (TPSA) is 122 Å². The predicted molar refractivity (Wildman–Crippen MR) is 203 cm³/mol. The molecule has 0 bridgehead atoms. The fraction of sp³-hybridized carbons (Fsp3) is 0.195. The zero-order chi connectivity index (χ0) is 37.3. The van der Waals surface area contributed by atoms with E-state index in [4.69, 9.17) is 28.2 Å². The number of carbonyl (C=O) groups excluding carboxylic acids is 6. The Hall–Kier alpha value is -5.16. The maximum atomic E-state index is 14.1. The number of Topliss-reactive ketones (excluding diaryl/α,β-unsaturated/α-hetero) is 2. The summed E-state index contributed by atoms with van der Waals surface area (Å²) in [6.07, 6.45) is 2.73. The minimum absolute atomic E-state index is 0.0911. The summed E-state index contributed by atoms with van der Waals surface area (Å²) in [7, 11) is 0. The average Bonchev–Trinajstić information content (AvgIpc) is 3.65. The normalized spacial score (nSPS) is 15.3. The van der Waals surface area contributed by atoms with E-state index in [1.54, 1.807) is 54.2 Å². The molecule has 53 heavy (non-hydrogen) atoms. The van der Waals surface area contributed by atoms with E-state index in [0.29, 0.717) is 28.5 Å². The van der Waals surface area contributed by atoms with Gasteiger partial charge < -0.3 is 0 Å². The minimum atomic E-state index is -1.32. The van der Waals surface area contributed by atoms with Crippen molar-refractivity contribution in [1.82, 2.24) is 9.88 Å². The summed E-state index contributed by atoms with van der Waals surface area (Å²) in [4.78, 5) is 90.3. The molecular formula is C41H29Cl2N3O6S. The zero-order valence-electron chi connectivity index (χ0n) is 28.5. The van der Waals surface area contributed by atoms with E-state index in [1.165, 1.54) is 18.2 Å². The van der Waals surface area contributed by atoms with Crippen molar-refractivity contribution in [1.29, 1.82) is 0 Å². The van der Waals surface area contributed by atoms with Gasteiger partial charge in [-0.15, -0.1) is 11.8 Å². The second-order valence-electron chi connectivity index (χ2n) is 13.1. The lowest BCUT2D eigenvalue weighted by molar-refractivity contribution is 0.0641. The molecule has 4 amide bonds. The maximum Gasteiger partial charge on any atom is 0.266 e. The van der Waals surface area contributed by atoms with Crippen molar-refractivity contribution in [2.75, 3.05) is 10.7 Å². The summed E-state index contributed by atoms with van der Waals surface area (Å²) < 4.78 is 0. The number of thioether (sulfide) groups is 1. The predicted octanol–water partition coefficient (Wildman–Crippen LogP) is 8.76. The van der Waals surface area contributed by atoms with Crippen LogP contribution >= 0.6 is 35.0 Å². The number of benzene rings is 4. The summed E-state index contributed by atoms with van der Waals surface area (Å²) in [6, 6.07) is 19.5. The number of nitrogens with zero attached hydrogens (tertiary/aromatic N) is 3. The number of aryl methyl sites for hydroxylation is 1. The molecule has 0 unspecified atom stereocenters. The number of carbonyl (C=O) groups is 6. The molecule has 12 heteroatoms. The summed E-state index contributed by atoms with van der Waals surface area (Å²) in [6.45, 7) is 3.93. The van der Waals surface area contributed by atoms with Gasteiger partial charge in [0.2, 0.25) is 0 Å². The number of amides is 4. The Balaban J connectivity index is 1.23. The van der Waals surface area contributed by atoms with Crippen molar-refractivity contribution in [3.05, 3.63) is 133 Å². The molecule has 5 aromatic rings. The minimum Gasteiger partial charge on any atom is -0.293 e. The van der Waals surface area contributed by atoms with Gasteiger partial charge in [-0.2, -0.15) is 0 Å². The highest BCUT2D eigenvalue weighted by Gasteiger charge is 2.43. The standard InChI is InChI=1S/C41H29Cl2N3O6S/c1-3-5-14-53-22-8-10-25-29(16-22)41(52)46(40(25)51)33-13-7-21(19-45-38(49)24-9-6-20(4-2)15-28(24)39(45)50)23-11-12-32(44-35(23)33)34-36(47)26-17-30(42)31(43)18-27(26)37(34)48/h6-13,15-18,34H,3-5,14,19H2,1-2H3. The lowest BCUT2D eigenvalue weighted by Crippen LogP contribution is -2.31. The van der Waals surface area contributed by atoms with E-state index < -0.39 is 41.1 Å². The number of ketones is 2. The van der Waals surface area contributed by atoms with Gasteiger partial charge in [-0.1, -0.05) is 61.7 Å². The zero-order valence-corrected chi connectivity index (χ0v) is 30.8. The molecule has 1 aliphatic carbocycles. The van der Waals surface area contributed by atoms with Crippen LogP contribution in [0.5, 0.6) is 0 Å². The first-order valence-corrected chi connectivity index (χ1v) is 18.9. The van der Waals surface area contributed by atoms with Crippen LogP contribution in [0.15, 0.2) is 77.7 Å². The Morgan fingerprint density at radius 3 is 2.02 bits per heavy atom. The Kier molecular flexibility index (Phi) is 8.80. The van der Waals surface area contributed by atoms with Crippen LogP contribution in [0.3, 0.4) is 0 Å². The number of hydrogen-bond donors (Lipinski definition) is 0. The molecule has 4 aromatic carbocycles. The first-order valence-electron chi connectivity index (χ1n) is 17.2. The van der Waals surface area contributed by atoms with Crippen LogP contribution in [0.2, 0.25) is 10.0 Å². The lowest BCUT2D eigenvalue weighted by Gasteiger charge is -2.21. The third kappa shape index (κ3) is 5.59. The number of halogens is 2. The van der Waals surface area contributed by atoms with Gasteiger partial charge >= 0.3 is 0 Å². The molecule has 8 rings (SSSR count). The molecule has 1 aromatic heterocycles. The molecule has 0 saturated carbocycles. The Morgan fingerprint density at radius 1 is 0.679 bits per heavy atom. The van der Waals surface area contributed by atoms with Crippen LogP contribution < -0.4 is 4.90 Å². The fourth-order valence-electron chi connectivity index (χ4n) is 7.14. The molecule has 264 valence electrons. The van der Waals surface area contributed by atoms with E-state index in [0.717, 1.165) is 38.9 Å². The first-order chi connectivity index (χ1) is 25.5. The fourth-order valence-corrected chi connectivity index (χ4v) is 8.51. The summed E-state index contributed by atoms with van der Waals surface area (Å²) in [5.41, 5.74) is 3.17. The van der Waals surface area contributed by atoms with Crippen LogP contribution in [-0.4, -0.2) is 50.8 Å². The van der Waals surface area contributed by atoms with Gasteiger partial charge in [-0.05, 0) is 84.3 Å². The van der Waals surface area contributed by atoms with Crippen LogP contribution in [0.25, 0.3) is 10.9 Å². The lowest BCUT2D eigenvalue weighted by atomic mass is 9.97. The number of pyridine rings is 1. The number of rotatable bonds is 9. The quantitative estimate of drug-likeness (QED) is 0.0633. The van der Waals surface area contributed by atoms with Gasteiger partial charge in [-0.3, -0.25) is 33.7 Å². The molecule has 0 saturated heterocycles. The van der Waals surface area contributed by atoms with E-state index in [-0.39, 0.29) is 55.7 Å². The molecule has 0 fully saturated rings. The highest BCUT2D eigenvalue weighted by Crippen LogP contribution is 2.41. The van der Waals surface area contributed by atoms with Gasteiger partial charge in [0.1, 0.15) is 5.92 Å². The van der Waals surface area contributed by atoms with Crippen molar-refractivity contribution < 1.29 is 28.8 Å². The number of aromatic nitrogens is 1. The van der Waals surface area contributed by atoms with Crippen LogP contribution in [-0.2, 0) is 13.0 Å². The summed E-state index contributed by atoms with van der Waals surface area (Å²) in [5, 5.41) is 0.676. The van der Waals surface area contributed by atoms with Crippen molar-refractivity contribution in [3.63, 3.8) is 0 Å². The number of hydrogen-bond acceptors (Lipinski definition) is 8. The summed E-state index contributed by atoms with van der Waals surface area (Å²) >= 11 is 14.0. The Morgan fingerprint density at radius 2 is 1.32 bits per heavy atom.